The molecule has 1 aliphatic rings. The minimum Gasteiger partial charge on any atom is -0.360 e. The molecule has 1 unspecified atom stereocenters. The fourth-order valence-corrected chi connectivity index (χ4v) is 2.66. The van der Waals surface area contributed by atoms with Gasteiger partial charge >= 0.3 is 6.18 Å². The predicted molar refractivity (Wildman–Crippen MR) is 87.4 cm³/mol. The third-order valence-corrected chi connectivity index (χ3v) is 4.19. The number of benzene rings is 1. The van der Waals surface area contributed by atoms with Crippen molar-refractivity contribution in [2.75, 3.05) is 11.9 Å². The molecular formula is C17H19F3N4O. The van der Waals surface area contributed by atoms with Gasteiger partial charge in [-0.1, -0.05) is 12.1 Å². The molecule has 1 fully saturated rings. The Kier molecular flexibility index (Phi) is 4.69. The van der Waals surface area contributed by atoms with E-state index in [-0.39, 0.29) is 24.2 Å². The van der Waals surface area contributed by atoms with E-state index in [2.05, 4.69) is 15.7 Å². The second-order valence-corrected chi connectivity index (χ2v) is 6.21. The van der Waals surface area contributed by atoms with Gasteiger partial charge < -0.3 is 10.6 Å². The highest BCUT2D eigenvalue weighted by molar-refractivity contribution is 5.80. The van der Waals surface area contributed by atoms with Crippen molar-refractivity contribution < 1.29 is 18.0 Å². The summed E-state index contributed by atoms with van der Waals surface area (Å²) in [7, 11) is 0. The van der Waals surface area contributed by atoms with Crippen molar-refractivity contribution in [1.29, 1.82) is 0 Å². The van der Waals surface area contributed by atoms with Crippen molar-refractivity contribution in [2.45, 2.75) is 32.0 Å². The average Bonchev–Trinajstić information content (AvgIpc) is 3.31. The van der Waals surface area contributed by atoms with E-state index in [1.165, 1.54) is 30.5 Å². The lowest BCUT2D eigenvalue weighted by atomic mass is 10.2. The number of nitrogens with one attached hydrogen (secondary N) is 2. The van der Waals surface area contributed by atoms with Gasteiger partial charge in [0.25, 0.3) is 0 Å². The molecule has 2 aromatic rings. The summed E-state index contributed by atoms with van der Waals surface area (Å²) in [5.74, 6) is 0.734. The Labute approximate surface area is 143 Å². The lowest BCUT2D eigenvalue weighted by Gasteiger charge is -2.13. The SMILES string of the molecule is CC(NC(=O)CNc1ccn(-c2ccccc2C(F)(F)F)n1)C1CC1. The maximum absolute atomic E-state index is 13.1. The number of anilines is 1. The molecule has 8 heteroatoms. The Morgan fingerprint density at radius 2 is 2.04 bits per heavy atom. The van der Waals surface area contributed by atoms with Crippen molar-refractivity contribution in [3.63, 3.8) is 0 Å². The van der Waals surface area contributed by atoms with Gasteiger partial charge in [-0.05, 0) is 37.8 Å². The molecule has 0 spiro atoms. The van der Waals surface area contributed by atoms with Crippen LogP contribution in [0, 0.1) is 5.92 Å². The van der Waals surface area contributed by atoms with Crippen LogP contribution >= 0.6 is 0 Å². The van der Waals surface area contributed by atoms with Crippen molar-refractivity contribution >= 4 is 11.7 Å². The number of aromatic nitrogens is 2. The number of rotatable bonds is 6. The summed E-state index contributed by atoms with van der Waals surface area (Å²) in [6.07, 6.45) is -0.762. The van der Waals surface area contributed by atoms with Crippen molar-refractivity contribution in [2.24, 2.45) is 5.92 Å². The molecular weight excluding hydrogens is 333 g/mol. The van der Waals surface area contributed by atoms with Gasteiger partial charge in [-0.15, -0.1) is 0 Å². The molecule has 1 aromatic heterocycles. The minimum atomic E-state index is -4.46. The lowest BCUT2D eigenvalue weighted by molar-refractivity contribution is -0.137. The zero-order valence-corrected chi connectivity index (χ0v) is 13.7. The highest BCUT2D eigenvalue weighted by Gasteiger charge is 2.34. The number of halogens is 3. The highest BCUT2D eigenvalue weighted by atomic mass is 19.4. The smallest absolute Gasteiger partial charge is 0.360 e. The zero-order valence-electron chi connectivity index (χ0n) is 13.7. The summed E-state index contributed by atoms with van der Waals surface area (Å²) >= 11 is 0. The van der Waals surface area contributed by atoms with Gasteiger partial charge in [-0.3, -0.25) is 4.79 Å². The number of amides is 1. The van der Waals surface area contributed by atoms with Crippen LogP contribution in [0.2, 0.25) is 0 Å². The molecule has 0 bridgehead atoms. The summed E-state index contributed by atoms with van der Waals surface area (Å²) < 4.78 is 40.4. The Morgan fingerprint density at radius 1 is 1.32 bits per heavy atom. The summed E-state index contributed by atoms with van der Waals surface area (Å²) in [4.78, 5) is 11.9. The van der Waals surface area contributed by atoms with Gasteiger partial charge in [0.05, 0.1) is 17.8 Å². The molecule has 5 nitrogen and oxygen atoms in total. The maximum atomic E-state index is 13.1. The van der Waals surface area contributed by atoms with Crippen LogP contribution < -0.4 is 10.6 Å². The zero-order chi connectivity index (χ0) is 18.0. The monoisotopic (exact) mass is 352 g/mol. The fourth-order valence-electron chi connectivity index (χ4n) is 2.66. The molecule has 0 saturated heterocycles. The molecule has 1 amide bonds. The summed E-state index contributed by atoms with van der Waals surface area (Å²) in [6, 6.07) is 6.89. The number of carbonyl (C=O) groups is 1. The first-order valence-electron chi connectivity index (χ1n) is 8.10. The van der Waals surface area contributed by atoms with Crippen LogP contribution in [0.3, 0.4) is 0 Å². The lowest BCUT2D eigenvalue weighted by Crippen LogP contribution is -2.37. The first kappa shape index (κ1) is 17.3. The standard InChI is InChI=1S/C17H19F3N4O/c1-11(12-6-7-12)22-16(25)10-21-15-8-9-24(23-15)14-5-3-2-4-13(14)17(18,19)20/h2-5,8-9,11-12H,6-7,10H2,1H3,(H,21,23)(H,22,25). The maximum Gasteiger partial charge on any atom is 0.418 e. The number of carbonyl (C=O) groups excluding carboxylic acids is 1. The normalized spacial score (nSPS) is 15.7. The third-order valence-electron chi connectivity index (χ3n) is 4.19. The molecule has 1 saturated carbocycles. The van der Waals surface area contributed by atoms with Crippen LogP contribution in [0.1, 0.15) is 25.3 Å². The fraction of sp³-hybridized carbons (Fsp3) is 0.412. The van der Waals surface area contributed by atoms with Crippen molar-refractivity contribution in [3.8, 4) is 5.69 Å². The number of hydrogen-bond donors (Lipinski definition) is 2. The molecule has 3 rings (SSSR count). The van der Waals surface area contributed by atoms with E-state index < -0.39 is 11.7 Å². The van der Waals surface area contributed by atoms with E-state index >= 15 is 0 Å². The average molecular weight is 352 g/mol. The van der Waals surface area contributed by atoms with Crippen LogP contribution in [-0.2, 0) is 11.0 Å². The summed E-state index contributed by atoms with van der Waals surface area (Å²) in [6.45, 7) is 1.99. The van der Waals surface area contributed by atoms with Crippen molar-refractivity contribution in [3.05, 3.63) is 42.1 Å². The molecule has 0 radical (unpaired) electrons. The van der Waals surface area contributed by atoms with Gasteiger partial charge in [0.2, 0.25) is 5.91 Å². The van der Waals surface area contributed by atoms with E-state index in [1.54, 1.807) is 0 Å². The van der Waals surface area contributed by atoms with E-state index in [0.717, 1.165) is 23.6 Å². The van der Waals surface area contributed by atoms with E-state index in [4.69, 9.17) is 0 Å². The highest BCUT2D eigenvalue weighted by Crippen LogP contribution is 2.33. The summed E-state index contributed by atoms with van der Waals surface area (Å²) in [5.41, 5.74) is -0.824. The quantitative estimate of drug-likeness (QED) is 0.839. The van der Waals surface area contributed by atoms with Crippen LogP contribution in [-0.4, -0.2) is 28.3 Å². The Hall–Kier alpha value is -2.51. The van der Waals surface area contributed by atoms with Gasteiger partial charge in [0.15, 0.2) is 0 Å². The number of nitrogens with zero attached hydrogens (tertiary/aromatic N) is 2. The molecule has 25 heavy (non-hydrogen) atoms. The van der Waals surface area contributed by atoms with Crippen molar-refractivity contribution in [1.82, 2.24) is 15.1 Å². The van der Waals surface area contributed by atoms with Gasteiger partial charge in [-0.2, -0.15) is 18.3 Å². The first-order chi connectivity index (χ1) is 11.8. The van der Waals surface area contributed by atoms with E-state index in [0.29, 0.717) is 11.7 Å². The topological polar surface area (TPSA) is 59.0 Å². The predicted octanol–water partition coefficient (Wildman–Crippen LogP) is 3.22. The van der Waals surface area contributed by atoms with Gasteiger partial charge in [-0.25, -0.2) is 4.68 Å². The third kappa shape index (κ3) is 4.32. The van der Waals surface area contributed by atoms with Gasteiger partial charge in [0, 0.05) is 18.3 Å². The van der Waals surface area contributed by atoms with E-state index in [9.17, 15) is 18.0 Å². The molecule has 1 heterocycles. The number of para-hydroxylation sites is 1. The second-order valence-electron chi connectivity index (χ2n) is 6.21. The Bertz CT molecular complexity index is 752. The molecule has 134 valence electrons. The molecule has 1 atom stereocenters. The van der Waals surface area contributed by atoms with E-state index in [1.807, 2.05) is 6.92 Å². The molecule has 2 N–H and O–H groups in total. The summed E-state index contributed by atoms with van der Waals surface area (Å²) in [5, 5.41) is 9.81. The molecule has 1 aliphatic carbocycles. The van der Waals surface area contributed by atoms with Crippen LogP contribution in [0.15, 0.2) is 36.5 Å². The largest absolute Gasteiger partial charge is 0.418 e. The number of hydrogen-bond acceptors (Lipinski definition) is 3. The second kappa shape index (κ2) is 6.78. The molecule has 1 aromatic carbocycles. The Morgan fingerprint density at radius 3 is 2.72 bits per heavy atom. The molecule has 0 aliphatic heterocycles. The first-order valence-corrected chi connectivity index (χ1v) is 8.10. The minimum absolute atomic E-state index is 0.0228. The van der Waals surface area contributed by atoms with Crippen LogP contribution in [0.5, 0.6) is 0 Å². The number of alkyl halides is 3. The van der Waals surface area contributed by atoms with Crippen LogP contribution in [0.4, 0.5) is 19.0 Å². The van der Waals surface area contributed by atoms with Gasteiger partial charge in [0.1, 0.15) is 5.82 Å². The van der Waals surface area contributed by atoms with Crippen LogP contribution in [0.25, 0.3) is 5.69 Å². The Balaban J connectivity index is 1.64.